The van der Waals surface area contributed by atoms with Gasteiger partial charge in [-0.05, 0) is 52.4 Å². The second-order valence-electron chi connectivity index (χ2n) is 7.58. The van der Waals surface area contributed by atoms with Crippen molar-refractivity contribution in [2.24, 2.45) is 0 Å². The van der Waals surface area contributed by atoms with Crippen LogP contribution in [-0.2, 0) is 12.1 Å². The maximum absolute atomic E-state index is 13.1. The van der Waals surface area contributed by atoms with E-state index in [0.717, 1.165) is 24.5 Å². The number of aryl methyl sites for hydroxylation is 1. The van der Waals surface area contributed by atoms with Gasteiger partial charge in [-0.25, -0.2) is 0 Å². The van der Waals surface area contributed by atoms with Gasteiger partial charge in [0.05, 0.1) is 5.54 Å². The first-order valence-electron chi connectivity index (χ1n) is 8.43. The van der Waals surface area contributed by atoms with E-state index >= 15 is 0 Å². The van der Waals surface area contributed by atoms with Crippen molar-refractivity contribution in [2.45, 2.75) is 39.8 Å². The van der Waals surface area contributed by atoms with Crippen molar-refractivity contribution in [3.8, 4) is 0 Å². The fourth-order valence-corrected chi connectivity index (χ4v) is 3.28. The highest BCUT2D eigenvalue weighted by molar-refractivity contribution is 6.05. The van der Waals surface area contributed by atoms with E-state index in [1.165, 1.54) is 5.56 Å². The van der Waals surface area contributed by atoms with E-state index < -0.39 is 0 Å². The van der Waals surface area contributed by atoms with Crippen molar-refractivity contribution in [2.75, 3.05) is 25.0 Å². The molecule has 2 heterocycles. The summed E-state index contributed by atoms with van der Waals surface area (Å²) in [5.41, 5.74) is 3.56. The van der Waals surface area contributed by atoms with E-state index in [2.05, 4.69) is 43.9 Å². The third-order valence-corrected chi connectivity index (χ3v) is 4.42. The van der Waals surface area contributed by atoms with Crippen molar-refractivity contribution in [3.63, 3.8) is 0 Å². The average molecular weight is 326 g/mol. The molecular weight excluding hydrogens is 300 g/mol. The number of aromatic nitrogens is 2. The number of anilines is 1. The van der Waals surface area contributed by atoms with Crippen LogP contribution in [0.1, 0.15) is 42.5 Å². The van der Waals surface area contributed by atoms with Crippen LogP contribution in [-0.4, -0.2) is 40.7 Å². The SMILES string of the molecule is Cc1cc(C(=O)N2CCN(C)Cc3ccccc32)nn1C(C)(C)C. The number of fused-ring (bicyclic) bond motifs is 1. The van der Waals surface area contributed by atoms with Crippen molar-refractivity contribution < 1.29 is 4.79 Å². The van der Waals surface area contributed by atoms with Crippen LogP contribution in [0.4, 0.5) is 5.69 Å². The van der Waals surface area contributed by atoms with Gasteiger partial charge in [0, 0.05) is 31.0 Å². The first-order chi connectivity index (χ1) is 11.3. The quantitative estimate of drug-likeness (QED) is 0.809. The number of hydrogen-bond acceptors (Lipinski definition) is 3. The fraction of sp³-hybridized carbons (Fsp3) is 0.474. The molecule has 0 saturated heterocycles. The van der Waals surface area contributed by atoms with Crippen LogP contribution in [0.25, 0.3) is 0 Å². The number of carbonyl (C=O) groups excluding carboxylic acids is 1. The Labute approximate surface area is 143 Å². The summed E-state index contributed by atoms with van der Waals surface area (Å²) in [6, 6.07) is 10.0. The van der Waals surface area contributed by atoms with E-state index in [-0.39, 0.29) is 11.4 Å². The number of amides is 1. The number of likely N-dealkylation sites (N-methyl/N-ethyl adjacent to an activating group) is 1. The number of rotatable bonds is 1. The molecule has 1 aromatic heterocycles. The fourth-order valence-electron chi connectivity index (χ4n) is 3.28. The molecule has 0 N–H and O–H groups in total. The zero-order valence-electron chi connectivity index (χ0n) is 15.2. The predicted octanol–water partition coefficient (Wildman–Crippen LogP) is 3.04. The van der Waals surface area contributed by atoms with E-state index in [1.54, 1.807) is 0 Å². The number of hydrogen-bond donors (Lipinski definition) is 0. The molecule has 0 bridgehead atoms. The van der Waals surface area contributed by atoms with Gasteiger partial charge in [0.1, 0.15) is 0 Å². The van der Waals surface area contributed by atoms with Crippen LogP contribution in [0, 0.1) is 6.92 Å². The molecule has 0 radical (unpaired) electrons. The maximum Gasteiger partial charge on any atom is 0.278 e. The van der Waals surface area contributed by atoms with Gasteiger partial charge < -0.3 is 9.80 Å². The number of carbonyl (C=O) groups is 1. The van der Waals surface area contributed by atoms with E-state index in [1.807, 2.05) is 40.8 Å². The molecule has 0 saturated carbocycles. The molecule has 1 aliphatic rings. The molecule has 24 heavy (non-hydrogen) atoms. The smallest absolute Gasteiger partial charge is 0.278 e. The van der Waals surface area contributed by atoms with Gasteiger partial charge in [0.15, 0.2) is 5.69 Å². The van der Waals surface area contributed by atoms with Crippen molar-refractivity contribution in [1.82, 2.24) is 14.7 Å². The Kier molecular flexibility index (Phi) is 4.22. The summed E-state index contributed by atoms with van der Waals surface area (Å²) in [4.78, 5) is 17.3. The number of nitrogens with zero attached hydrogens (tertiary/aromatic N) is 4. The molecule has 0 spiro atoms. The molecule has 0 fully saturated rings. The Bertz CT molecular complexity index is 757. The molecule has 1 aliphatic heterocycles. The van der Waals surface area contributed by atoms with Crippen LogP contribution in [0.2, 0.25) is 0 Å². The predicted molar refractivity (Wildman–Crippen MR) is 96.4 cm³/mol. The number of para-hydroxylation sites is 1. The van der Waals surface area contributed by atoms with Crippen LogP contribution in [0.3, 0.4) is 0 Å². The van der Waals surface area contributed by atoms with Crippen molar-refractivity contribution >= 4 is 11.6 Å². The molecule has 0 atom stereocenters. The highest BCUT2D eigenvalue weighted by Crippen LogP contribution is 2.26. The zero-order valence-corrected chi connectivity index (χ0v) is 15.2. The molecule has 3 rings (SSSR count). The van der Waals surface area contributed by atoms with Crippen LogP contribution < -0.4 is 4.90 Å². The van der Waals surface area contributed by atoms with Gasteiger partial charge >= 0.3 is 0 Å². The molecule has 0 aliphatic carbocycles. The highest BCUT2D eigenvalue weighted by atomic mass is 16.2. The molecule has 128 valence electrons. The molecular formula is C19H26N4O. The standard InChI is InChI=1S/C19H26N4O/c1-14-12-16(20-23(14)19(2,3)4)18(24)22-11-10-21(5)13-15-8-6-7-9-17(15)22/h6-9,12H,10-11,13H2,1-5H3. The Morgan fingerprint density at radius 2 is 1.88 bits per heavy atom. The summed E-state index contributed by atoms with van der Waals surface area (Å²) in [7, 11) is 2.09. The van der Waals surface area contributed by atoms with E-state index in [9.17, 15) is 4.79 Å². The van der Waals surface area contributed by atoms with Gasteiger partial charge in [-0.3, -0.25) is 9.48 Å². The second-order valence-corrected chi connectivity index (χ2v) is 7.58. The summed E-state index contributed by atoms with van der Waals surface area (Å²) in [6.07, 6.45) is 0. The summed E-state index contributed by atoms with van der Waals surface area (Å²) in [5.74, 6) is -0.0242. The van der Waals surface area contributed by atoms with Crippen LogP contribution in [0.5, 0.6) is 0 Å². The third-order valence-electron chi connectivity index (χ3n) is 4.42. The summed E-state index contributed by atoms with van der Waals surface area (Å²) < 4.78 is 1.93. The van der Waals surface area contributed by atoms with E-state index in [0.29, 0.717) is 12.2 Å². The van der Waals surface area contributed by atoms with Crippen molar-refractivity contribution in [1.29, 1.82) is 0 Å². The van der Waals surface area contributed by atoms with Gasteiger partial charge in [0.2, 0.25) is 0 Å². The Morgan fingerprint density at radius 1 is 1.17 bits per heavy atom. The van der Waals surface area contributed by atoms with Gasteiger partial charge in [0.25, 0.3) is 5.91 Å². The lowest BCUT2D eigenvalue weighted by molar-refractivity contribution is 0.0979. The summed E-state index contributed by atoms with van der Waals surface area (Å²) in [6.45, 7) is 10.7. The highest BCUT2D eigenvalue weighted by Gasteiger charge is 2.27. The maximum atomic E-state index is 13.1. The normalized spacial score (nSPS) is 16.0. The summed E-state index contributed by atoms with van der Waals surface area (Å²) in [5, 5.41) is 4.59. The largest absolute Gasteiger partial charge is 0.305 e. The zero-order chi connectivity index (χ0) is 17.5. The third kappa shape index (κ3) is 3.08. The van der Waals surface area contributed by atoms with Crippen LogP contribution in [0.15, 0.2) is 30.3 Å². The lowest BCUT2D eigenvalue weighted by Crippen LogP contribution is -2.35. The number of benzene rings is 1. The first-order valence-corrected chi connectivity index (χ1v) is 8.43. The average Bonchev–Trinajstić information content (AvgIpc) is 2.82. The second kappa shape index (κ2) is 6.06. The first kappa shape index (κ1) is 16.7. The summed E-state index contributed by atoms with van der Waals surface area (Å²) >= 11 is 0. The molecule has 0 unspecified atom stereocenters. The van der Waals surface area contributed by atoms with Crippen molar-refractivity contribution in [3.05, 3.63) is 47.3 Å². The lowest BCUT2D eigenvalue weighted by atomic mass is 10.1. The Hall–Kier alpha value is -2.14. The molecule has 2 aromatic rings. The monoisotopic (exact) mass is 326 g/mol. The van der Waals surface area contributed by atoms with Gasteiger partial charge in [-0.2, -0.15) is 5.10 Å². The molecule has 1 aromatic carbocycles. The Balaban J connectivity index is 1.98. The van der Waals surface area contributed by atoms with Gasteiger partial charge in [-0.15, -0.1) is 0 Å². The lowest BCUT2D eigenvalue weighted by Gasteiger charge is -2.22. The van der Waals surface area contributed by atoms with E-state index in [4.69, 9.17) is 0 Å². The minimum atomic E-state index is -0.139. The Morgan fingerprint density at radius 3 is 2.54 bits per heavy atom. The molecule has 5 nitrogen and oxygen atoms in total. The topological polar surface area (TPSA) is 41.4 Å². The minimum Gasteiger partial charge on any atom is -0.305 e. The van der Waals surface area contributed by atoms with Crippen LogP contribution >= 0.6 is 0 Å². The molecule has 1 amide bonds. The minimum absolute atomic E-state index is 0.0242. The molecule has 5 heteroatoms. The van der Waals surface area contributed by atoms with Gasteiger partial charge in [-0.1, -0.05) is 18.2 Å².